The van der Waals surface area contributed by atoms with Gasteiger partial charge in [0.15, 0.2) is 5.82 Å². The molecule has 2 aliphatic rings. The van der Waals surface area contributed by atoms with Crippen molar-refractivity contribution in [1.29, 1.82) is 5.26 Å². The molecule has 9 heteroatoms. The highest BCUT2D eigenvalue weighted by Gasteiger charge is 2.55. The first-order chi connectivity index (χ1) is 14.8. The molecule has 1 aliphatic heterocycles. The van der Waals surface area contributed by atoms with E-state index in [9.17, 15) is 4.79 Å². The molecule has 0 radical (unpaired) electrons. The fourth-order valence-corrected chi connectivity index (χ4v) is 4.28. The number of carbonyl (C=O) groups is 1. The highest BCUT2D eigenvalue weighted by Crippen LogP contribution is 2.47. The number of nitrogens with zero attached hydrogens (tertiary/aromatic N) is 7. The SMILES string of the molecule is CC(C)(C)OC(=O)N1CCN(C(c2ccccc2)c2nnnn2CCC#N)CC12CC2. The summed E-state index contributed by atoms with van der Waals surface area (Å²) in [6, 6.07) is 12.2. The number of tetrazole rings is 1. The lowest BCUT2D eigenvalue weighted by molar-refractivity contribution is -0.0121. The Morgan fingerprint density at radius 2 is 2.00 bits per heavy atom. The maximum Gasteiger partial charge on any atom is 0.410 e. The van der Waals surface area contributed by atoms with Crippen LogP contribution in [0.5, 0.6) is 0 Å². The number of nitriles is 1. The van der Waals surface area contributed by atoms with E-state index >= 15 is 0 Å². The predicted molar refractivity (Wildman–Crippen MR) is 113 cm³/mol. The summed E-state index contributed by atoms with van der Waals surface area (Å²) < 4.78 is 7.39. The lowest BCUT2D eigenvalue weighted by atomic mass is 10.0. The third-order valence-corrected chi connectivity index (χ3v) is 5.84. The van der Waals surface area contributed by atoms with Crippen LogP contribution in [0.25, 0.3) is 0 Å². The quantitative estimate of drug-likeness (QED) is 0.729. The van der Waals surface area contributed by atoms with Crippen LogP contribution >= 0.6 is 0 Å². The van der Waals surface area contributed by atoms with Gasteiger partial charge < -0.3 is 4.74 Å². The van der Waals surface area contributed by atoms with Crippen molar-refractivity contribution < 1.29 is 9.53 Å². The van der Waals surface area contributed by atoms with Crippen LogP contribution in [0.4, 0.5) is 4.79 Å². The van der Waals surface area contributed by atoms with E-state index in [2.05, 4.69) is 38.6 Å². The minimum Gasteiger partial charge on any atom is -0.444 e. The van der Waals surface area contributed by atoms with Crippen molar-refractivity contribution >= 4 is 6.09 Å². The standard InChI is InChI=1S/C22H29N7O2/c1-21(2,3)31-20(30)28-15-14-27(16-22(28)10-11-22)18(17-8-5-4-6-9-17)19-24-25-26-29(19)13-7-12-23/h4-6,8-9,18H,7,10-11,13-16H2,1-3H3. The summed E-state index contributed by atoms with van der Waals surface area (Å²) in [5.74, 6) is 0.725. The van der Waals surface area contributed by atoms with Gasteiger partial charge >= 0.3 is 6.09 Å². The molecule has 1 aliphatic carbocycles. The van der Waals surface area contributed by atoms with Gasteiger partial charge in [-0.15, -0.1) is 5.10 Å². The van der Waals surface area contributed by atoms with Gasteiger partial charge in [-0.1, -0.05) is 30.3 Å². The second-order valence-electron chi connectivity index (χ2n) is 9.31. The molecule has 0 bridgehead atoms. The van der Waals surface area contributed by atoms with Gasteiger partial charge in [-0.3, -0.25) is 9.80 Å². The summed E-state index contributed by atoms with van der Waals surface area (Å²) in [6.07, 6.45) is 2.03. The molecule has 2 aromatic rings. The van der Waals surface area contributed by atoms with E-state index in [1.165, 1.54) is 0 Å². The average Bonchev–Trinajstić information content (AvgIpc) is 3.32. The van der Waals surface area contributed by atoms with Crippen LogP contribution in [0, 0.1) is 11.3 Å². The van der Waals surface area contributed by atoms with Crippen LogP contribution in [0.15, 0.2) is 30.3 Å². The molecule has 1 amide bonds. The van der Waals surface area contributed by atoms with Crippen LogP contribution in [0.3, 0.4) is 0 Å². The summed E-state index contributed by atoms with van der Waals surface area (Å²) in [5.41, 5.74) is 0.384. The molecule has 1 saturated heterocycles. The maximum atomic E-state index is 12.8. The van der Waals surface area contributed by atoms with Gasteiger partial charge in [0.05, 0.1) is 30.6 Å². The van der Waals surface area contributed by atoms with E-state index < -0.39 is 5.60 Å². The molecular formula is C22H29N7O2. The van der Waals surface area contributed by atoms with Gasteiger partial charge in [0.2, 0.25) is 0 Å². The molecule has 1 unspecified atom stereocenters. The Labute approximate surface area is 182 Å². The smallest absolute Gasteiger partial charge is 0.410 e. The maximum absolute atomic E-state index is 12.8. The minimum atomic E-state index is -0.514. The zero-order valence-corrected chi connectivity index (χ0v) is 18.4. The number of ether oxygens (including phenoxy) is 1. The van der Waals surface area contributed by atoms with Crippen molar-refractivity contribution in [2.24, 2.45) is 0 Å². The van der Waals surface area contributed by atoms with Gasteiger partial charge in [-0.2, -0.15) is 5.26 Å². The van der Waals surface area contributed by atoms with Gasteiger partial charge in [-0.25, -0.2) is 9.48 Å². The number of piperazine rings is 1. The number of aromatic nitrogens is 4. The summed E-state index contributed by atoms with van der Waals surface area (Å²) in [5, 5.41) is 21.4. The highest BCUT2D eigenvalue weighted by atomic mass is 16.6. The van der Waals surface area contributed by atoms with E-state index in [1.54, 1.807) is 4.68 Å². The molecule has 31 heavy (non-hydrogen) atoms. The van der Waals surface area contributed by atoms with Crippen molar-refractivity contribution in [3.05, 3.63) is 41.7 Å². The first-order valence-electron chi connectivity index (χ1n) is 10.8. The second-order valence-corrected chi connectivity index (χ2v) is 9.31. The van der Waals surface area contributed by atoms with Crippen LogP contribution < -0.4 is 0 Å². The van der Waals surface area contributed by atoms with Gasteiger partial charge in [0.25, 0.3) is 0 Å². The fraction of sp³-hybridized carbons (Fsp3) is 0.591. The Kier molecular flexibility index (Phi) is 5.67. The molecule has 2 heterocycles. The molecule has 0 N–H and O–H groups in total. The van der Waals surface area contributed by atoms with E-state index in [4.69, 9.17) is 10.00 Å². The molecular weight excluding hydrogens is 394 g/mol. The van der Waals surface area contributed by atoms with E-state index in [1.807, 2.05) is 43.9 Å². The van der Waals surface area contributed by atoms with Crippen LogP contribution in [0.2, 0.25) is 0 Å². The Balaban J connectivity index is 1.61. The lowest BCUT2D eigenvalue weighted by Crippen LogP contribution is -2.58. The molecule has 9 nitrogen and oxygen atoms in total. The molecule has 164 valence electrons. The van der Waals surface area contributed by atoms with Crippen LogP contribution in [-0.2, 0) is 11.3 Å². The largest absolute Gasteiger partial charge is 0.444 e. The molecule has 1 saturated carbocycles. The van der Waals surface area contributed by atoms with Crippen molar-refractivity contribution in [2.45, 2.75) is 63.8 Å². The third kappa shape index (κ3) is 4.54. The van der Waals surface area contributed by atoms with Gasteiger partial charge in [0.1, 0.15) is 5.60 Å². The summed E-state index contributed by atoms with van der Waals surface area (Å²) in [6.45, 7) is 8.15. The fourth-order valence-electron chi connectivity index (χ4n) is 4.28. The van der Waals surface area contributed by atoms with Crippen molar-refractivity contribution in [1.82, 2.24) is 30.0 Å². The van der Waals surface area contributed by atoms with Gasteiger partial charge in [-0.05, 0) is 49.6 Å². The predicted octanol–water partition coefficient (Wildman–Crippen LogP) is 2.76. The Hall–Kier alpha value is -2.99. The van der Waals surface area contributed by atoms with E-state index in [0.717, 1.165) is 30.8 Å². The second kappa shape index (κ2) is 8.27. The number of hydrogen-bond donors (Lipinski definition) is 0. The number of hydrogen-bond acceptors (Lipinski definition) is 7. The Morgan fingerprint density at radius 3 is 2.65 bits per heavy atom. The van der Waals surface area contributed by atoms with Crippen molar-refractivity contribution in [3.8, 4) is 6.07 Å². The molecule has 4 rings (SSSR count). The number of rotatable bonds is 5. The van der Waals surface area contributed by atoms with Crippen molar-refractivity contribution in [3.63, 3.8) is 0 Å². The van der Waals surface area contributed by atoms with E-state index in [-0.39, 0.29) is 17.7 Å². The average molecular weight is 424 g/mol. The number of amides is 1. The highest BCUT2D eigenvalue weighted by molar-refractivity contribution is 5.70. The summed E-state index contributed by atoms with van der Waals surface area (Å²) >= 11 is 0. The summed E-state index contributed by atoms with van der Waals surface area (Å²) in [4.78, 5) is 17.1. The van der Waals surface area contributed by atoms with E-state index in [0.29, 0.717) is 26.1 Å². The normalized spacial score (nSPS) is 19.1. The Bertz CT molecular complexity index is 956. The molecule has 2 fully saturated rings. The minimum absolute atomic E-state index is 0.145. The first-order valence-corrected chi connectivity index (χ1v) is 10.8. The molecule has 1 atom stereocenters. The van der Waals surface area contributed by atoms with Crippen LogP contribution in [-0.4, -0.2) is 66.9 Å². The number of benzene rings is 1. The lowest BCUT2D eigenvalue weighted by Gasteiger charge is -2.44. The van der Waals surface area contributed by atoms with Crippen LogP contribution in [0.1, 0.15) is 57.5 Å². The monoisotopic (exact) mass is 423 g/mol. The zero-order valence-electron chi connectivity index (χ0n) is 18.4. The van der Waals surface area contributed by atoms with Gasteiger partial charge in [0, 0.05) is 19.6 Å². The zero-order chi connectivity index (χ0) is 22.1. The summed E-state index contributed by atoms with van der Waals surface area (Å²) in [7, 11) is 0. The molecule has 1 aromatic carbocycles. The number of carbonyl (C=O) groups excluding carboxylic acids is 1. The first kappa shape index (κ1) is 21.2. The molecule has 1 spiro atoms. The topological polar surface area (TPSA) is 100 Å². The van der Waals surface area contributed by atoms with Crippen molar-refractivity contribution in [2.75, 3.05) is 19.6 Å². The molecule has 1 aromatic heterocycles. The Morgan fingerprint density at radius 1 is 1.26 bits per heavy atom. The number of aryl methyl sites for hydroxylation is 1. The third-order valence-electron chi connectivity index (χ3n) is 5.84.